The van der Waals surface area contributed by atoms with Crippen LogP contribution in [0.5, 0.6) is 0 Å². The molecule has 0 saturated carbocycles. The van der Waals surface area contributed by atoms with Crippen molar-refractivity contribution in [2.75, 3.05) is 45.0 Å². The second-order valence-corrected chi connectivity index (χ2v) is 8.93. The Hall–Kier alpha value is -2.84. The van der Waals surface area contributed by atoms with E-state index in [2.05, 4.69) is 81.1 Å². The Bertz CT molecular complexity index is 948. The molecule has 0 bridgehead atoms. The van der Waals surface area contributed by atoms with Crippen LogP contribution in [0, 0.1) is 0 Å². The smallest absolute Gasteiger partial charge is 0.149 e. The van der Waals surface area contributed by atoms with Crippen molar-refractivity contribution in [2.24, 2.45) is 0 Å². The van der Waals surface area contributed by atoms with Crippen LogP contribution < -0.4 is 16.4 Å². The summed E-state index contributed by atoms with van der Waals surface area (Å²) >= 11 is 0. The van der Waals surface area contributed by atoms with Gasteiger partial charge in [-0.25, -0.2) is 9.97 Å². The Morgan fingerprint density at radius 1 is 0.758 bits per heavy atom. The maximum atomic E-state index is 6.34. The number of nitrogens with zero attached hydrogens (tertiary/aromatic N) is 4. The van der Waals surface area contributed by atoms with Gasteiger partial charge in [-0.1, -0.05) is 60.7 Å². The number of nitrogens with two attached hydrogens (primary N) is 1. The molecule has 4 N–H and O–H groups in total. The van der Waals surface area contributed by atoms with Crippen molar-refractivity contribution >= 4 is 5.82 Å². The van der Waals surface area contributed by atoms with E-state index < -0.39 is 0 Å². The van der Waals surface area contributed by atoms with Gasteiger partial charge in [0.05, 0.1) is 17.8 Å². The predicted molar refractivity (Wildman–Crippen MR) is 131 cm³/mol. The molecule has 5 rings (SSSR count). The summed E-state index contributed by atoms with van der Waals surface area (Å²) in [6.45, 7) is 7.35. The lowest BCUT2D eigenvalue weighted by Gasteiger charge is -2.37. The summed E-state index contributed by atoms with van der Waals surface area (Å²) in [5, 5.41) is 7.07. The highest BCUT2D eigenvalue weighted by Crippen LogP contribution is 2.27. The number of piperazine rings is 2. The molecule has 2 aliphatic heterocycles. The van der Waals surface area contributed by atoms with Gasteiger partial charge in [0.1, 0.15) is 11.6 Å². The molecule has 7 heteroatoms. The third-order valence-corrected chi connectivity index (χ3v) is 6.59. The van der Waals surface area contributed by atoms with Gasteiger partial charge in [-0.3, -0.25) is 9.80 Å². The summed E-state index contributed by atoms with van der Waals surface area (Å²) in [6, 6.07) is 23.5. The van der Waals surface area contributed by atoms with E-state index in [4.69, 9.17) is 15.7 Å². The van der Waals surface area contributed by atoms with E-state index in [1.807, 2.05) is 6.07 Å². The van der Waals surface area contributed by atoms with Gasteiger partial charge in [0, 0.05) is 58.4 Å². The molecule has 7 nitrogen and oxygen atoms in total. The number of hydrogen-bond donors (Lipinski definition) is 3. The molecule has 0 radical (unpaired) electrons. The van der Waals surface area contributed by atoms with E-state index in [1.54, 1.807) is 0 Å². The second kappa shape index (κ2) is 10.4. The molecule has 172 valence electrons. The number of rotatable bonds is 6. The van der Waals surface area contributed by atoms with Crippen LogP contribution in [0.15, 0.2) is 66.7 Å². The summed E-state index contributed by atoms with van der Waals surface area (Å²) in [5.74, 6) is 1.36. The molecular weight excluding hydrogens is 410 g/mol. The van der Waals surface area contributed by atoms with E-state index in [1.165, 1.54) is 11.1 Å². The molecule has 2 aromatic carbocycles. The minimum atomic E-state index is 0.0975. The van der Waals surface area contributed by atoms with Crippen molar-refractivity contribution in [2.45, 2.75) is 25.2 Å². The fraction of sp³-hybridized carbons (Fsp3) is 0.385. The first-order valence-corrected chi connectivity index (χ1v) is 11.9. The Morgan fingerprint density at radius 3 is 1.91 bits per heavy atom. The number of anilines is 1. The first kappa shape index (κ1) is 22.0. The molecule has 0 spiro atoms. The maximum Gasteiger partial charge on any atom is 0.149 e. The van der Waals surface area contributed by atoms with Crippen LogP contribution in [0.25, 0.3) is 0 Å². The van der Waals surface area contributed by atoms with Gasteiger partial charge in [-0.15, -0.1) is 0 Å². The third-order valence-electron chi connectivity index (χ3n) is 6.59. The van der Waals surface area contributed by atoms with E-state index in [0.29, 0.717) is 5.82 Å². The van der Waals surface area contributed by atoms with Gasteiger partial charge < -0.3 is 16.4 Å². The molecular formula is C26H33N7. The first-order chi connectivity index (χ1) is 16.3. The number of aromatic nitrogens is 2. The van der Waals surface area contributed by atoms with Gasteiger partial charge >= 0.3 is 0 Å². The maximum absolute atomic E-state index is 6.34. The lowest BCUT2D eigenvalue weighted by molar-refractivity contribution is 0.140. The Labute approximate surface area is 196 Å². The van der Waals surface area contributed by atoms with Crippen molar-refractivity contribution in [3.63, 3.8) is 0 Å². The highest BCUT2D eigenvalue weighted by Gasteiger charge is 2.30. The van der Waals surface area contributed by atoms with Crippen LogP contribution in [0.2, 0.25) is 0 Å². The molecule has 3 aromatic rings. The average Bonchev–Trinajstić information content (AvgIpc) is 2.86. The molecule has 2 saturated heterocycles. The highest BCUT2D eigenvalue weighted by molar-refractivity contribution is 5.33. The molecule has 0 amide bonds. The largest absolute Gasteiger partial charge is 0.384 e. The third kappa shape index (κ3) is 5.39. The number of benzene rings is 2. The van der Waals surface area contributed by atoms with Gasteiger partial charge in [0.2, 0.25) is 0 Å². The zero-order chi connectivity index (χ0) is 22.5. The molecule has 2 aliphatic rings. The van der Waals surface area contributed by atoms with Crippen molar-refractivity contribution in [3.8, 4) is 0 Å². The lowest BCUT2D eigenvalue weighted by atomic mass is 10.1. The van der Waals surface area contributed by atoms with Crippen LogP contribution in [0.4, 0.5) is 5.82 Å². The molecule has 0 aliphatic carbocycles. The first-order valence-electron chi connectivity index (χ1n) is 11.9. The fourth-order valence-electron chi connectivity index (χ4n) is 4.88. The van der Waals surface area contributed by atoms with Gasteiger partial charge in [-0.2, -0.15) is 0 Å². The summed E-state index contributed by atoms with van der Waals surface area (Å²) in [6.07, 6.45) is 0. The second-order valence-electron chi connectivity index (χ2n) is 8.93. The number of nitrogens with one attached hydrogen (secondary N) is 2. The zero-order valence-electron chi connectivity index (χ0n) is 19.0. The molecule has 2 atom stereocenters. The van der Waals surface area contributed by atoms with Crippen LogP contribution in [0.1, 0.15) is 34.7 Å². The molecule has 2 fully saturated rings. The Balaban J connectivity index is 1.40. The Kier molecular flexibility index (Phi) is 6.92. The SMILES string of the molecule is Nc1cc(C2CNCCN2Cc2ccccc2)nc(C2CNCCN2Cc2ccccc2)n1. The summed E-state index contributed by atoms with van der Waals surface area (Å²) < 4.78 is 0. The normalized spacial score (nSPS) is 22.3. The predicted octanol–water partition coefficient (Wildman–Crippen LogP) is 2.35. The van der Waals surface area contributed by atoms with E-state index in [9.17, 15) is 0 Å². The summed E-state index contributed by atoms with van der Waals surface area (Å²) in [4.78, 5) is 14.8. The molecule has 1 aromatic heterocycles. The van der Waals surface area contributed by atoms with Crippen molar-refractivity contribution < 1.29 is 0 Å². The van der Waals surface area contributed by atoms with Crippen molar-refractivity contribution in [3.05, 3.63) is 89.4 Å². The lowest BCUT2D eigenvalue weighted by Crippen LogP contribution is -2.47. The average molecular weight is 444 g/mol. The molecule has 2 unspecified atom stereocenters. The van der Waals surface area contributed by atoms with E-state index in [-0.39, 0.29) is 12.1 Å². The van der Waals surface area contributed by atoms with Gasteiger partial charge in [0.25, 0.3) is 0 Å². The van der Waals surface area contributed by atoms with Crippen LogP contribution in [-0.2, 0) is 13.1 Å². The topological polar surface area (TPSA) is 82.3 Å². The van der Waals surface area contributed by atoms with Crippen LogP contribution in [0.3, 0.4) is 0 Å². The van der Waals surface area contributed by atoms with Gasteiger partial charge in [0.15, 0.2) is 0 Å². The van der Waals surface area contributed by atoms with E-state index >= 15 is 0 Å². The summed E-state index contributed by atoms with van der Waals surface area (Å²) in [5.41, 5.74) is 9.97. The minimum Gasteiger partial charge on any atom is -0.384 e. The zero-order valence-corrected chi connectivity index (χ0v) is 19.0. The standard InChI is InChI=1S/C26H33N7/c27-25-15-22(23-16-28-11-13-32(23)18-20-7-3-1-4-8-20)30-26(31-25)24-17-29-12-14-33(24)19-21-9-5-2-6-10-21/h1-10,15,23-24,28-29H,11-14,16-19H2,(H2,27,30,31). The minimum absolute atomic E-state index is 0.0975. The van der Waals surface area contributed by atoms with Gasteiger partial charge in [-0.05, 0) is 11.1 Å². The van der Waals surface area contributed by atoms with Crippen molar-refractivity contribution in [1.82, 2.24) is 30.4 Å². The van der Waals surface area contributed by atoms with E-state index in [0.717, 1.165) is 63.9 Å². The number of hydrogen-bond acceptors (Lipinski definition) is 7. The number of nitrogen functional groups attached to an aromatic ring is 1. The molecule has 33 heavy (non-hydrogen) atoms. The van der Waals surface area contributed by atoms with Crippen LogP contribution in [-0.4, -0.2) is 59.0 Å². The molecule has 3 heterocycles. The Morgan fingerprint density at radius 2 is 1.30 bits per heavy atom. The quantitative estimate of drug-likeness (QED) is 0.539. The monoisotopic (exact) mass is 443 g/mol. The fourth-order valence-corrected chi connectivity index (χ4v) is 4.88. The van der Waals surface area contributed by atoms with Crippen molar-refractivity contribution in [1.29, 1.82) is 0 Å². The highest BCUT2D eigenvalue weighted by atomic mass is 15.3. The van der Waals surface area contributed by atoms with Crippen LogP contribution >= 0.6 is 0 Å². The summed E-state index contributed by atoms with van der Waals surface area (Å²) in [7, 11) is 0.